The van der Waals surface area contributed by atoms with E-state index in [2.05, 4.69) is 30.4 Å². The highest BCUT2D eigenvalue weighted by Gasteiger charge is 2.17. The van der Waals surface area contributed by atoms with Crippen LogP contribution < -0.4 is 10.1 Å². The first-order valence-corrected chi connectivity index (χ1v) is 10.2. The first kappa shape index (κ1) is 21.8. The lowest BCUT2D eigenvalue weighted by molar-refractivity contribution is 0.0821. The van der Waals surface area contributed by atoms with Crippen LogP contribution in [0.5, 0.6) is 11.6 Å². The highest BCUT2D eigenvalue weighted by molar-refractivity contribution is 6.06. The number of benzene rings is 1. The molecule has 0 saturated heterocycles. The van der Waals surface area contributed by atoms with E-state index in [1.165, 1.54) is 23.5 Å². The lowest BCUT2D eigenvalue weighted by Gasteiger charge is -2.10. The van der Waals surface area contributed by atoms with Crippen LogP contribution in [0.3, 0.4) is 0 Å². The number of aromatic nitrogens is 6. The Hall–Kier alpha value is -4.41. The second kappa shape index (κ2) is 8.99. The minimum Gasteiger partial charge on any atom is -0.437 e. The van der Waals surface area contributed by atoms with Crippen LogP contribution in [0.4, 0.5) is 5.82 Å². The zero-order valence-electron chi connectivity index (χ0n) is 18.6. The average molecular weight is 446 g/mol. The van der Waals surface area contributed by atoms with Crippen molar-refractivity contribution in [2.45, 2.75) is 20.4 Å². The van der Waals surface area contributed by atoms with Gasteiger partial charge in [-0.15, -0.1) is 0 Å². The second-order valence-corrected chi connectivity index (χ2v) is 7.43. The molecule has 33 heavy (non-hydrogen) atoms. The summed E-state index contributed by atoms with van der Waals surface area (Å²) in [6.45, 7) is 4.42. The Balaban J connectivity index is 1.66. The Morgan fingerprint density at radius 2 is 1.88 bits per heavy atom. The van der Waals surface area contributed by atoms with Crippen LogP contribution in [-0.2, 0) is 6.54 Å². The van der Waals surface area contributed by atoms with E-state index in [4.69, 9.17) is 4.74 Å². The van der Waals surface area contributed by atoms with E-state index in [1.807, 2.05) is 20.0 Å². The van der Waals surface area contributed by atoms with Crippen LogP contribution in [0.25, 0.3) is 10.9 Å². The molecule has 3 aromatic heterocycles. The summed E-state index contributed by atoms with van der Waals surface area (Å²) >= 11 is 0. The molecule has 0 aliphatic rings. The average Bonchev–Trinajstić information content (AvgIpc) is 3.24. The monoisotopic (exact) mass is 446 g/mol. The topological polar surface area (TPSA) is 128 Å². The summed E-state index contributed by atoms with van der Waals surface area (Å²) in [4.78, 5) is 42.9. The van der Waals surface area contributed by atoms with Crippen LogP contribution >= 0.6 is 0 Å². The van der Waals surface area contributed by atoms with Crippen LogP contribution in [0.2, 0.25) is 0 Å². The molecule has 0 aliphatic carbocycles. The molecule has 0 atom stereocenters. The minimum absolute atomic E-state index is 0.179. The van der Waals surface area contributed by atoms with Gasteiger partial charge in [0.1, 0.15) is 11.4 Å². The molecule has 3 heterocycles. The molecule has 0 bridgehead atoms. The summed E-state index contributed by atoms with van der Waals surface area (Å²) in [5, 5.41) is 7.92. The Bertz CT molecular complexity index is 1310. The summed E-state index contributed by atoms with van der Waals surface area (Å²) in [5.74, 6) is 0.243. The highest BCUT2D eigenvalue weighted by Crippen LogP contribution is 2.30. The van der Waals surface area contributed by atoms with Crippen molar-refractivity contribution >= 4 is 28.5 Å². The molecule has 0 saturated carbocycles. The van der Waals surface area contributed by atoms with E-state index >= 15 is 0 Å². The number of nitrogens with one attached hydrogen (secondary N) is 1. The second-order valence-electron chi connectivity index (χ2n) is 7.43. The molecular weight excluding hydrogens is 424 g/mol. The standard InChI is InChI=1S/C22H22N8O3/c1-5-30-12-15-16(28-30)6-14(21(31)27-19-10-23-13(2)8-25-19)7-18(15)33-20-11-24-17(9-26-20)22(32)29(3)4/h6-12H,5H2,1-4H3,(H,25,27,31). The number of hydrogen-bond donors (Lipinski definition) is 1. The Morgan fingerprint density at radius 3 is 2.52 bits per heavy atom. The van der Waals surface area contributed by atoms with Crippen LogP contribution in [-0.4, -0.2) is 60.5 Å². The molecule has 4 aromatic rings. The zero-order chi connectivity index (χ0) is 23.5. The number of nitrogens with zero attached hydrogens (tertiary/aromatic N) is 7. The number of aryl methyl sites for hydroxylation is 2. The van der Waals surface area contributed by atoms with Gasteiger partial charge in [0.15, 0.2) is 5.82 Å². The predicted molar refractivity (Wildman–Crippen MR) is 120 cm³/mol. The number of carbonyl (C=O) groups is 2. The van der Waals surface area contributed by atoms with Crippen molar-refractivity contribution in [3.8, 4) is 11.6 Å². The van der Waals surface area contributed by atoms with Crippen LogP contribution in [0.15, 0.2) is 43.1 Å². The largest absolute Gasteiger partial charge is 0.437 e. The Morgan fingerprint density at radius 1 is 1.06 bits per heavy atom. The molecule has 11 heteroatoms. The molecule has 1 N–H and O–H groups in total. The van der Waals surface area contributed by atoms with Crippen LogP contribution in [0, 0.1) is 6.92 Å². The molecule has 168 valence electrons. The highest BCUT2D eigenvalue weighted by atomic mass is 16.5. The number of fused-ring (bicyclic) bond motifs is 1. The first-order chi connectivity index (χ1) is 15.8. The fraction of sp³-hybridized carbons (Fsp3) is 0.227. The van der Waals surface area contributed by atoms with Gasteiger partial charge in [-0.2, -0.15) is 5.10 Å². The third kappa shape index (κ3) is 4.76. The molecule has 1 aromatic carbocycles. The number of carbonyl (C=O) groups excluding carboxylic acids is 2. The molecule has 0 radical (unpaired) electrons. The smallest absolute Gasteiger partial charge is 0.273 e. The van der Waals surface area contributed by atoms with Crippen molar-refractivity contribution in [2.24, 2.45) is 0 Å². The number of ether oxygens (including phenoxy) is 1. The van der Waals surface area contributed by atoms with Crippen molar-refractivity contribution < 1.29 is 14.3 Å². The fourth-order valence-electron chi connectivity index (χ4n) is 2.98. The van der Waals surface area contributed by atoms with Crippen molar-refractivity contribution in [2.75, 3.05) is 19.4 Å². The normalized spacial score (nSPS) is 10.8. The summed E-state index contributed by atoms with van der Waals surface area (Å²) in [7, 11) is 3.27. The Kier molecular flexibility index (Phi) is 5.94. The molecule has 4 rings (SSSR count). The Labute approximate surface area is 189 Å². The third-order valence-electron chi connectivity index (χ3n) is 4.71. The summed E-state index contributed by atoms with van der Waals surface area (Å²) in [5.41, 5.74) is 1.86. The third-order valence-corrected chi connectivity index (χ3v) is 4.71. The first-order valence-electron chi connectivity index (χ1n) is 10.2. The van der Waals surface area contributed by atoms with Crippen molar-refractivity contribution in [1.29, 1.82) is 0 Å². The number of amides is 2. The van der Waals surface area contributed by atoms with Gasteiger partial charge < -0.3 is 15.0 Å². The summed E-state index contributed by atoms with van der Waals surface area (Å²) in [6.07, 6.45) is 7.59. The maximum Gasteiger partial charge on any atom is 0.273 e. The number of rotatable bonds is 6. The van der Waals surface area contributed by atoms with Gasteiger partial charge in [0.25, 0.3) is 11.8 Å². The SMILES string of the molecule is CCn1cc2c(Oc3cnc(C(=O)N(C)C)cn3)cc(C(=O)Nc3cnc(C)cn3)cc2n1. The van der Waals surface area contributed by atoms with E-state index in [-0.39, 0.29) is 23.4 Å². The molecule has 0 unspecified atom stereocenters. The van der Waals surface area contributed by atoms with Crippen molar-refractivity contribution in [3.05, 3.63) is 60.1 Å². The predicted octanol–water partition coefficient (Wildman–Crippen LogP) is 2.69. The van der Waals surface area contributed by atoms with Gasteiger partial charge in [-0.05, 0) is 26.0 Å². The molecular formula is C22H22N8O3. The number of hydrogen-bond acceptors (Lipinski definition) is 8. The van der Waals surface area contributed by atoms with Gasteiger partial charge >= 0.3 is 0 Å². The lowest BCUT2D eigenvalue weighted by Crippen LogP contribution is -2.22. The van der Waals surface area contributed by atoms with Crippen molar-refractivity contribution in [1.82, 2.24) is 34.6 Å². The van der Waals surface area contributed by atoms with Gasteiger partial charge in [-0.25, -0.2) is 15.0 Å². The van der Waals surface area contributed by atoms with Gasteiger partial charge in [-0.3, -0.25) is 19.3 Å². The van der Waals surface area contributed by atoms with Gasteiger partial charge in [0, 0.05) is 32.4 Å². The molecule has 0 spiro atoms. The van der Waals surface area contributed by atoms with Crippen molar-refractivity contribution in [3.63, 3.8) is 0 Å². The van der Waals surface area contributed by atoms with Gasteiger partial charge in [0.2, 0.25) is 5.88 Å². The van der Waals surface area contributed by atoms with E-state index in [1.54, 1.807) is 37.1 Å². The maximum atomic E-state index is 12.9. The van der Waals surface area contributed by atoms with Crippen LogP contribution in [0.1, 0.15) is 33.5 Å². The van der Waals surface area contributed by atoms with E-state index in [0.29, 0.717) is 34.6 Å². The lowest BCUT2D eigenvalue weighted by atomic mass is 10.1. The quantitative estimate of drug-likeness (QED) is 0.479. The fourth-order valence-corrected chi connectivity index (χ4v) is 2.98. The van der Waals surface area contributed by atoms with E-state index < -0.39 is 0 Å². The maximum absolute atomic E-state index is 12.9. The van der Waals surface area contributed by atoms with Gasteiger partial charge in [-0.1, -0.05) is 0 Å². The molecule has 0 fully saturated rings. The van der Waals surface area contributed by atoms with E-state index in [9.17, 15) is 9.59 Å². The van der Waals surface area contributed by atoms with Gasteiger partial charge in [0.05, 0.1) is 41.4 Å². The molecule has 0 aliphatic heterocycles. The minimum atomic E-state index is -0.385. The molecule has 11 nitrogen and oxygen atoms in total. The molecule has 2 amide bonds. The summed E-state index contributed by atoms with van der Waals surface area (Å²) < 4.78 is 7.69. The zero-order valence-corrected chi connectivity index (χ0v) is 18.6. The van der Waals surface area contributed by atoms with E-state index in [0.717, 1.165) is 5.69 Å². The number of anilines is 1. The summed E-state index contributed by atoms with van der Waals surface area (Å²) in [6, 6.07) is 3.28.